The Bertz CT molecular complexity index is 757. The zero-order chi connectivity index (χ0) is 15.4. The minimum atomic E-state index is 0.253. The molecule has 0 fully saturated rings. The van der Waals surface area contributed by atoms with Crippen LogP contribution >= 0.6 is 0 Å². The molecule has 3 rings (SSSR count). The van der Waals surface area contributed by atoms with E-state index in [0.29, 0.717) is 6.42 Å². The van der Waals surface area contributed by atoms with E-state index in [1.54, 1.807) is 6.92 Å². The fourth-order valence-corrected chi connectivity index (χ4v) is 3.13. The predicted molar refractivity (Wildman–Crippen MR) is 91.1 cm³/mol. The van der Waals surface area contributed by atoms with Gasteiger partial charge in [-0.2, -0.15) is 0 Å². The molecule has 0 unspecified atom stereocenters. The largest absolute Gasteiger partial charge is 0.361 e. The number of hydrogen-bond donors (Lipinski definition) is 1. The number of H-pyrrole nitrogens is 1. The number of rotatable bonds is 6. The van der Waals surface area contributed by atoms with Crippen LogP contribution in [0.5, 0.6) is 0 Å². The molecule has 2 aromatic carbocycles. The van der Waals surface area contributed by atoms with Crippen LogP contribution in [0.3, 0.4) is 0 Å². The van der Waals surface area contributed by atoms with Gasteiger partial charge in [-0.05, 0) is 42.9 Å². The van der Waals surface area contributed by atoms with Gasteiger partial charge in [-0.3, -0.25) is 0 Å². The van der Waals surface area contributed by atoms with Crippen LogP contribution in [0.15, 0.2) is 60.8 Å². The molecule has 1 atom stereocenters. The Morgan fingerprint density at radius 1 is 1.05 bits per heavy atom. The first kappa shape index (κ1) is 14.6. The van der Waals surface area contributed by atoms with E-state index in [0.717, 1.165) is 18.4 Å². The lowest BCUT2D eigenvalue weighted by Crippen LogP contribution is -2.05. The lowest BCUT2D eigenvalue weighted by atomic mass is 9.88. The second kappa shape index (κ2) is 6.61. The number of nitrogens with one attached hydrogen (secondary N) is 1. The Morgan fingerprint density at radius 3 is 2.55 bits per heavy atom. The molecule has 0 amide bonds. The lowest BCUT2D eigenvalue weighted by molar-refractivity contribution is -0.117. The van der Waals surface area contributed by atoms with Crippen LogP contribution in [0.4, 0.5) is 0 Å². The van der Waals surface area contributed by atoms with Gasteiger partial charge in [0.15, 0.2) is 0 Å². The summed E-state index contributed by atoms with van der Waals surface area (Å²) in [6.45, 7) is 1.68. The Balaban J connectivity index is 1.84. The van der Waals surface area contributed by atoms with Gasteiger partial charge >= 0.3 is 0 Å². The number of benzene rings is 2. The van der Waals surface area contributed by atoms with E-state index < -0.39 is 0 Å². The van der Waals surface area contributed by atoms with Gasteiger partial charge in [0.25, 0.3) is 0 Å². The normalized spacial score (nSPS) is 12.4. The molecule has 0 spiro atoms. The molecule has 0 saturated carbocycles. The quantitative estimate of drug-likeness (QED) is 0.691. The molecule has 112 valence electrons. The summed E-state index contributed by atoms with van der Waals surface area (Å²) in [6.07, 6.45) is 4.67. The van der Waals surface area contributed by atoms with Crippen LogP contribution in [0.2, 0.25) is 0 Å². The van der Waals surface area contributed by atoms with Crippen molar-refractivity contribution in [3.05, 3.63) is 71.9 Å². The molecule has 0 saturated heterocycles. The Morgan fingerprint density at radius 2 is 1.77 bits per heavy atom. The second-order valence-electron chi connectivity index (χ2n) is 5.92. The highest BCUT2D eigenvalue weighted by molar-refractivity contribution is 5.85. The van der Waals surface area contributed by atoms with Crippen LogP contribution in [-0.2, 0) is 11.2 Å². The topological polar surface area (TPSA) is 32.9 Å². The van der Waals surface area contributed by atoms with E-state index in [1.807, 2.05) is 12.1 Å². The summed E-state index contributed by atoms with van der Waals surface area (Å²) >= 11 is 0. The van der Waals surface area contributed by atoms with Crippen molar-refractivity contribution in [1.82, 2.24) is 4.98 Å². The fourth-order valence-electron chi connectivity index (χ4n) is 3.13. The summed E-state index contributed by atoms with van der Waals surface area (Å²) in [5.74, 6) is 0.525. The molecule has 0 aliphatic heterocycles. The molecule has 0 aliphatic carbocycles. The maximum absolute atomic E-state index is 11.7. The molecule has 22 heavy (non-hydrogen) atoms. The first-order valence-electron chi connectivity index (χ1n) is 7.83. The summed E-state index contributed by atoms with van der Waals surface area (Å²) in [4.78, 5) is 15.0. The Labute approximate surface area is 131 Å². The van der Waals surface area contributed by atoms with Gasteiger partial charge in [0, 0.05) is 23.5 Å². The standard InChI is InChI=1S/C20H21NO/c1-15(22)13-17(12-11-16-7-3-2-4-8-16)19-14-21-20-10-6-5-9-18(19)20/h2-10,14,17,21H,11-13H2,1H3/t17-/m0/s1. The first-order valence-corrected chi connectivity index (χ1v) is 7.83. The van der Waals surface area contributed by atoms with Crippen molar-refractivity contribution >= 4 is 16.7 Å². The minimum Gasteiger partial charge on any atom is -0.361 e. The second-order valence-corrected chi connectivity index (χ2v) is 5.92. The number of carbonyl (C=O) groups excluding carboxylic acids is 1. The molecule has 2 heteroatoms. The third-order valence-corrected chi connectivity index (χ3v) is 4.22. The summed E-state index contributed by atoms with van der Waals surface area (Å²) in [7, 11) is 0. The maximum Gasteiger partial charge on any atom is 0.130 e. The van der Waals surface area contributed by atoms with Gasteiger partial charge in [0.1, 0.15) is 5.78 Å². The van der Waals surface area contributed by atoms with Crippen LogP contribution in [-0.4, -0.2) is 10.8 Å². The summed E-state index contributed by atoms with van der Waals surface area (Å²) in [6, 6.07) is 18.8. The van der Waals surface area contributed by atoms with Crippen LogP contribution in [0.1, 0.15) is 36.8 Å². The highest BCUT2D eigenvalue weighted by Gasteiger charge is 2.17. The maximum atomic E-state index is 11.7. The number of Topliss-reactive ketones (excluding diaryl/α,β-unsaturated/α-hetero) is 1. The van der Waals surface area contributed by atoms with E-state index >= 15 is 0 Å². The molecule has 3 aromatic rings. The molecule has 1 aromatic heterocycles. The minimum absolute atomic E-state index is 0.253. The van der Waals surface area contributed by atoms with Gasteiger partial charge in [0.05, 0.1) is 0 Å². The molecule has 1 N–H and O–H groups in total. The number of carbonyl (C=O) groups is 1. The highest BCUT2D eigenvalue weighted by Crippen LogP contribution is 2.31. The molecule has 0 aliphatic rings. The van der Waals surface area contributed by atoms with Gasteiger partial charge in [-0.15, -0.1) is 0 Å². The van der Waals surface area contributed by atoms with Crippen molar-refractivity contribution in [2.45, 2.75) is 32.1 Å². The third-order valence-electron chi connectivity index (χ3n) is 4.22. The average molecular weight is 291 g/mol. The van der Waals surface area contributed by atoms with Crippen molar-refractivity contribution in [1.29, 1.82) is 0 Å². The van der Waals surface area contributed by atoms with E-state index in [9.17, 15) is 4.79 Å². The molecule has 0 radical (unpaired) electrons. The monoisotopic (exact) mass is 291 g/mol. The van der Waals surface area contributed by atoms with E-state index in [1.165, 1.54) is 16.5 Å². The van der Waals surface area contributed by atoms with E-state index in [2.05, 4.69) is 53.6 Å². The molecule has 2 nitrogen and oxygen atoms in total. The predicted octanol–water partition coefficient (Wildman–Crippen LogP) is 4.86. The number of aromatic nitrogens is 1. The number of para-hydroxylation sites is 1. The van der Waals surface area contributed by atoms with Gasteiger partial charge in [-0.1, -0.05) is 48.5 Å². The molecule has 1 heterocycles. The van der Waals surface area contributed by atoms with Crippen molar-refractivity contribution < 1.29 is 4.79 Å². The van der Waals surface area contributed by atoms with Gasteiger partial charge in [-0.25, -0.2) is 0 Å². The zero-order valence-corrected chi connectivity index (χ0v) is 12.9. The number of ketones is 1. The first-order chi connectivity index (χ1) is 10.7. The lowest BCUT2D eigenvalue weighted by Gasteiger charge is -2.15. The van der Waals surface area contributed by atoms with Crippen molar-refractivity contribution in [2.24, 2.45) is 0 Å². The SMILES string of the molecule is CC(=O)C[C@H](CCc1ccccc1)c1c[nH]c2ccccc12. The Hall–Kier alpha value is -2.35. The van der Waals surface area contributed by atoms with E-state index in [-0.39, 0.29) is 11.7 Å². The number of aryl methyl sites for hydroxylation is 1. The third kappa shape index (κ3) is 3.28. The molecular formula is C20H21NO. The molecule has 0 bridgehead atoms. The number of hydrogen-bond acceptors (Lipinski definition) is 1. The van der Waals surface area contributed by atoms with Gasteiger partial charge < -0.3 is 9.78 Å². The van der Waals surface area contributed by atoms with E-state index in [4.69, 9.17) is 0 Å². The van der Waals surface area contributed by atoms with Crippen molar-refractivity contribution in [3.63, 3.8) is 0 Å². The Kier molecular flexibility index (Phi) is 4.38. The smallest absolute Gasteiger partial charge is 0.130 e. The van der Waals surface area contributed by atoms with Crippen LogP contribution in [0, 0.1) is 0 Å². The van der Waals surface area contributed by atoms with Crippen molar-refractivity contribution in [2.75, 3.05) is 0 Å². The number of fused-ring (bicyclic) bond motifs is 1. The van der Waals surface area contributed by atoms with Gasteiger partial charge in [0.2, 0.25) is 0 Å². The zero-order valence-electron chi connectivity index (χ0n) is 12.9. The average Bonchev–Trinajstić information content (AvgIpc) is 2.96. The van der Waals surface area contributed by atoms with Crippen molar-refractivity contribution in [3.8, 4) is 0 Å². The number of aromatic amines is 1. The van der Waals surface area contributed by atoms with Crippen LogP contribution in [0.25, 0.3) is 10.9 Å². The summed E-state index contributed by atoms with van der Waals surface area (Å²) < 4.78 is 0. The molecular weight excluding hydrogens is 270 g/mol. The van der Waals surface area contributed by atoms with Crippen LogP contribution < -0.4 is 0 Å². The highest BCUT2D eigenvalue weighted by atomic mass is 16.1. The summed E-state index contributed by atoms with van der Waals surface area (Å²) in [5, 5.41) is 1.24. The summed E-state index contributed by atoms with van der Waals surface area (Å²) in [5.41, 5.74) is 3.74. The fraction of sp³-hybridized carbons (Fsp3) is 0.250.